The van der Waals surface area contributed by atoms with E-state index in [-0.39, 0.29) is 0 Å². The zero-order chi connectivity index (χ0) is 13.1. The van der Waals surface area contributed by atoms with E-state index in [1.807, 2.05) is 19.1 Å². The zero-order valence-corrected chi connectivity index (χ0v) is 11.5. The van der Waals surface area contributed by atoms with E-state index in [0.29, 0.717) is 0 Å². The van der Waals surface area contributed by atoms with E-state index in [0.717, 1.165) is 31.9 Å². The van der Waals surface area contributed by atoms with Crippen molar-refractivity contribution in [2.75, 3.05) is 13.2 Å². The molecule has 0 aliphatic rings. The summed E-state index contributed by atoms with van der Waals surface area (Å²) in [4.78, 5) is 0. The molecule has 0 aliphatic carbocycles. The summed E-state index contributed by atoms with van der Waals surface area (Å²) in [6, 6.07) is 8.27. The molecule has 98 valence electrons. The summed E-state index contributed by atoms with van der Waals surface area (Å²) in [5, 5.41) is 3.27. The molecule has 2 heteroatoms. The minimum atomic E-state index is 0.742. The van der Waals surface area contributed by atoms with Crippen LogP contribution in [0.1, 0.15) is 38.7 Å². The van der Waals surface area contributed by atoms with Gasteiger partial charge in [-0.2, -0.15) is 0 Å². The molecule has 0 spiro atoms. The molecule has 18 heavy (non-hydrogen) atoms. The second kappa shape index (κ2) is 9.56. The highest BCUT2D eigenvalue weighted by atomic mass is 16.5. The molecule has 1 rings (SSSR count). The summed E-state index contributed by atoms with van der Waals surface area (Å²) < 4.78 is 5.66. The molecule has 0 unspecified atom stereocenters. The topological polar surface area (TPSA) is 21.3 Å². The van der Waals surface area contributed by atoms with Crippen LogP contribution in [0, 0.1) is 11.8 Å². The third-order valence-electron chi connectivity index (χ3n) is 2.66. The van der Waals surface area contributed by atoms with E-state index in [4.69, 9.17) is 4.74 Å². The van der Waals surface area contributed by atoms with Crippen molar-refractivity contribution in [1.29, 1.82) is 0 Å². The summed E-state index contributed by atoms with van der Waals surface area (Å²) in [6.07, 6.45) is 3.60. The number of nitrogens with one attached hydrogen (secondary N) is 1. The number of rotatable bonds is 8. The fraction of sp³-hybridized carbons (Fsp3) is 0.500. The summed E-state index contributed by atoms with van der Waals surface area (Å²) in [5.41, 5.74) is 1.26. The number of hydrogen-bond donors (Lipinski definition) is 1. The van der Waals surface area contributed by atoms with Crippen LogP contribution in [0.4, 0.5) is 0 Å². The first-order valence-electron chi connectivity index (χ1n) is 6.69. The van der Waals surface area contributed by atoms with Gasteiger partial charge in [-0.3, -0.25) is 0 Å². The quantitative estimate of drug-likeness (QED) is 0.560. The van der Waals surface area contributed by atoms with Gasteiger partial charge in [0.2, 0.25) is 0 Å². The van der Waals surface area contributed by atoms with Gasteiger partial charge in [-0.25, -0.2) is 0 Å². The summed E-state index contributed by atoms with van der Waals surface area (Å²) in [7, 11) is 0. The molecule has 1 N–H and O–H groups in total. The maximum Gasteiger partial charge on any atom is 0.119 e. The molecular weight excluding hydrogens is 222 g/mol. The van der Waals surface area contributed by atoms with Gasteiger partial charge < -0.3 is 10.1 Å². The molecule has 0 atom stereocenters. The Kier molecular flexibility index (Phi) is 7.75. The molecule has 0 heterocycles. The third kappa shape index (κ3) is 6.32. The standard InChI is InChI=1S/C16H23NO/c1-3-5-7-13-18-16-10-8-15(9-11-16)14-17-12-6-4-2/h8-11,17H,3,5,7,12-14H2,1-2H3. The number of hydrogen-bond acceptors (Lipinski definition) is 2. The smallest absolute Gasteiger partial charge is 0.119 e. The Hall–Kier alpha value is -1.46. The highest BCUT2D eigenvalue weighted by Crippen LogP contribution is 2.12. The number of benzene rings is 1. The van der Waals surface area contributed by atoms with E-state index >= 15 is 0 Å². The summed E-state index contributed by atoms with van der Waals surface area (Å²) in [5.74, 6) is 6.81. The second-order valence-electron chi connectivity index (χ2n) is 4.23. The molecule has 2 nitrogen and oxygen atoms in total. The lowest BCUT2D eigenvalue weighted by Crippen LogP contribution is -2.12. The molecule has 0 saturated heterocycles. The van der Waals surface area contributed by atoms with Gasteiger partial charge in [0.25, 0.3) is 0 Å². The van der Waals surface area contributed by atoms with Crippen molar-refractivity contribution >= 4 is 0 Å². The SMILES string of the molecule is CC#CCNCc1ccc(OCCCCC)cc1. The van der Waals surface area contributed by atoms with Crippen LogP contribution < -0.4 is 10.1 Å². The fourth-order valence-corrected chi connectivity index (χ4v) is 1.60. The monoisotopic (exact) mass is 245 g/mol. The van der Waals surface area contributed by atoms with Gasteiger partial charge >= 0.3 is 0 Å². The van der Waals surface area contributed by atoms with E-state index in [9.17, 15) is 0 Å². The number of ether oxygens (including phenoxy) is 1. The van der Waals surface area contributed by atoms with Crippen LogP contribution >= 0.6 is 0 Å². The van der Waals surface area contributed by atoms with Crippen LogP contribution in [-0.4, -0.2) is 13.2 Å². The summed E-state index contributed by atoms with van der Waals surface area (Å²) in [6.45, 7) is 6.46. The zero-order valence-electron chi connectivity index (χ0n) is 11.5. The minimum absolute atomic E-state index is 0.742. The lowest BCUT2D eigenvalue weighted by atomic mass is 10.2. The van der Waals surface area contributed by atoms with Crippen LogP contribution in [-0.2, 0) is 6.54 Å². The fourth-order valence-electron chi connectivity index (χ4n) is 1.60. The maximum atomic E-state index is 5.66. The molecule has 0 aliphatic heterocycles. The Morgan fingerprint density at radius 3 is 2.61 bits per heavy atom. The van der Waals surface area contributed by atoms with Crippen molar-refractivity contribution in [1.82, 2.24) is 5.32 Å². The minimum Gasteiger partial charge on any atom is -0.494 e. The largest absolute Gasteiger partial charge is 0.494 e. The molecule has 0 bridgehead atoms. The first-order chi connectivity index (χ1) is 8.86. The molecule has 0 radical (unpaired) electrons. The highest BCUT2D eigenvalue weighted by molar-refractivity contribution is 5.27. The Labute approximate surface area is 111 Å². The van der Waals surface area contributed by atoms with E-state index in [2.05, 4.69) is 36.2 Å². The van der Waals surface area contributed by atoms with Gasteiger partial charge in [0, 0.05) is 6.54 Å². The van der Waals surface area contributed by atoms with Crippen molar-refractivity contribution in [2.45, 2.75) is 39.7 Å². The van der Waals surface area contributed by atoms with E-state index in [1.165, 1.54) is 18.4 Å². The molecular formula is C16H23NO. The van der Waals surface area contributed by atoms with Gasteiger partial charge in [0.15, 0.2) is 0 Å². The average molecular weight is 245 g/mol. The molecule has 1 aromatic rings. The van der Waals surface area contributed by atoms with Crippen LogP contribution in [0.5, 0.6) is 5.75 Å². The lowest BCUT2D eigenvalue weighted by molar-refractivity contribution is 0.306. The van der Waals surface area contributed by atoms with Crippen molar-refractivity contribution in [2.24, 2.45) is 0 Å². The van der Waals surface area contributed by atoms with E-state index in [1.54, 1.807) is 0 Å². The number of unbranched alkanes of at least 4 members (excludes halogenated alkanes) is 2. The van der Waals surface area contributed by atoms with Crippen molar-refractivity contribution in [3.8, 4) is 17.6 Å². The van der Waals surface area contributed by atoms with Crippen LogP contribution in [0.2, 0.25) is 0 Å². The van der Waals surface area contributed by atoms with Crippen molar-refractivity contribution < 1.29 is 4.74 Å². The van der Waals surface area contributed by atoms with Crippen LogP contribution in [0.15, 0.2) is 24.3 Å². The normalized spacial score (nSPS) is 9.67. The second-order valence-corrected chi connectivity index (χ2v) is 4.23. The van der Waals surface area contributed by atoms with Gasteiger partial charge in [0.1, 0.15) is 5.75 Å². The maximum absolute atomic E-state index is 5.66. The summed E-state index contributed by atoms with van der Waals surface area (Å²) >= 11 is 0. The van der Waals surface area contributed by atoms with Crippen molar-refractivity contribution in [3.63, 3.8) is 0 Å². The Bertz CT molecular complexity index is 372. The predicted molar refractivity (Wildman–Crippen MR) is 76.6 cm³/mol. The Balaban J connectivity index is 2.25. The average Bonchev–Trinajstić information content (AvgIpc) is 2.41. The van der Waals surface area contributed by atoms with Gasteiger partial charge in [-0.05, 0) is 31.0 Å². The van der Waals surface area contributed by atoms with Gasteiger partial charge in [-0.1, -0.05) is 37.8 Å². The first-order valence-corrected chi connectivity index (χ1v) is 6.69. The van der Waals surface area contributed by atoms with E-state index < -0.39 is 0 Å². The molecule has 1 aromatic carbocycles. The van der Waals surface area contributed by atoms with Crippen LogP contribution in [0.25, 0.3) is 0 Å². The lowest BCUT2D eigenvalue weighted by Gasteiger charge is -2.07. The van der Waals surface area contributed by atoms with Gasteiger partial charge in [-0.15, -0.1) is 5.92 Å². The first kappa shape index (κ1) is 14.6. The van der Waals surface area contributed by atoms with Crippen molar-refractivity contribution in [3.05, 3.63) is 29.8 Å². The molecule has 0 amide bonds. The highest BCUT2D eigenvalue weighted by Gasteiger charge is 1.95. The molecule has 0 aromatic heterocycles. The third-order valence-corrected chi connectivity index (χ3v) is 2.66. The Morgan fingerprint density at radius 2 is 1.94 bits per heavy atom. The molecule has 0 saturated carbocycles. The van der Waals surface area contributed by atoms with Crippen LogP contribution in [0.3, 0.4) is 0 Å². The molecule has 0 fully saturated rings. The Morgan fingerprint density at radius 1 is 1.17 bits per heavy atom. The predicted octanol–water partition coefficient (Wildman–Crippen LogP) is 3.37. The van der Waals surface area contributed by atoms with Gasteiger partial charge in [0.05, 0.1) is 13.2 Å².